The molecule has 1 aliphatic rings. The van der Waals surface area contributed by atoms with Crippen molar-refractivity contribution in [1.29, 1.82) is 0 Å². The first-order valence-electron chi connectivity index (χ1n) is 13.9. The molecule has 0 spiro atoms. The lowest BCUT2D eigenvalue weighted by molar-refractivity contribution is -0.141. The van der Waals surface area contributed by atoms with Gasteiger partial charge >= 0.3 is 5.97 Å². The number of ketones is 1. The van der Waals surface area contributed by atoms with Crippen molar-refractivity contribution in [3.8, 4) is 5.75 Å². The summed E-state index contributed by atoms with van der Waals surface area (Å²) in [6, 6.07) is 12.7. The number of pyridine rings is 1. The van der Waals surface area contributed by atoms with Gasteiger partial charge in [0.05, 0.1) is 12.8 Å². The zero-order valence-electron chi connectivity index (χ0n) is 23.4. The number of hydrogen-bond donors (Lipinski definition) is 1. The van der Waals surface area contributed by atoms with E-state index in [1.54, 1.807) is 18.3 Å². The maximum absolute atomic E-state index is 13.8. The number of esters is 1. The van der Waals surface area contributed by atoms with Crippen LogP contribution < -0.4 is 10.1 Å². The number of methoxy groups -OCH3 is 1. The minimum absolute atomic E-state index is 0. The van der Waals surface area contributed by atoms with Crippen LogP contribution in [0.25, 0.3) is 5.52 Å². The minimum atomic E-state index is -0.470. The maximum Gasteiger partial charge on any atom is 0.325 e. The zero-order valence-corrected chi connectivity index (χ0v) is 23.4. The predicted octanol–water partition coefficient (Wildman–Crippen LogP) is 5.30. The van der Waals surface area contributed by atoms with Gasteiger partial charge in [-0.25, -0.2) is 0 Å². The molecule has 1 aromatic carbocycles. The van der Waals surface area contributed by atoms with E-state index in [2.05, 4.69) is 12.2 Å². The van der Waals surface area contributed by atoms with Gasteiger partial charge < -0.3 is 24.1 Å². The topological polar surface area (TPSA) is 89.4 Å². The summed E-state index contributed by atoms with van der Waals surface area (Å²) < 4.78 is 12.7. The average Bonchev–Trinajstić information content (AvgIpc) is 3.32. The normalized spacial score (nSPS) is 15.0. The first-order valence-corrected chi connectivity index (χ1v) is 13.9. The molecule has 3 heterocycles. The Balaban J connectivity index is 0.00000441. The number of aromatic nitrogens is 1. The molecule has 40 heavy (non-hydrogen) atoms. The van der Waals surface area contributed by atoms with Gasteiger partial charge in [0.2, 0.25) is 5.78 Å². The SMILES string of the molecule is C.CCCCc1cc2cc(C(=O)N(CC(=O)OC)C(C)C)ccn2c1C(=O)c1ccc(O[C@H]2CCCNC2)cc1. The Kier molecular flexibility index (Phi) is 10.9. The number of rotatable bonds is 11. The van der Waals surface area contributed by atoms with Gasteiger partial charge in [-0.2, -0.15) is 0 Å². The maximum atomic E-state index is 13.8. The van der Waals surface area contributed by atoms with Gasteiger partial charge in [0.1, 0.15) is 18.4 Å². The van der Waals surface area contributed by atoms with E-state index >= 15 is 0 Å². The van der Waals surface area contributed by atoms with E-state index in [-0.39, 0.29) is 37.8 Å². The van der Waals surface area contributed by atoms with E-state index in [1.165, 1.54) is 12.0 Å². The van der Waals surface area contributed by atoms with Crippen molar-refractivity contribution < 1.29 is 23.9 Å². The number of amides is 1. The summed E-state index contributed by atoms with van der Waals surface area (Å²) in [5.74, 6) is -0.0370. The third kappa shape index (κ3) is 7.10. The molecule has 2 aromatic heterocycles. The minimum Gasteiger partial charge on any atom is -0.489 e. The first kappa shape index (κ1) is 30.9. The molecule has 1 aliphatic heterocycles. The largest absolute Gasteiger partial charge is 0.489 e. The molecule has 1 amide bonds. The molecule has 0 aliphatic carbocycles. The predicted molar refractivity (Wildman–Crippen MR) is 157 cm³/mol. The summed E-state index contributed by atoms with van der Waals surface area (Å²) in [6.45, 7) is 7.58. The van der Waals surface area contributed by atoms with Crippen LogP contribution in [0.1, 0.15) is 85.9 Å². The molecule has 8 nitrogen and oxygen atoms in total. The van der Waals surface area contributed by atoms with Gasteiger partial charge in [-0.3, -0.25) is 14.4 Å². The highest BCUT2D eigenvalue weighted by atomic mass is 16.5. The van der Waals surface area contributed by atoms with Crippen molar-refractivity contribution in [2.24, 2.45) is 0 Å². The molecule has 1 saturated heterocycles. The summed E-state index contributed by atoms with van der Waals surface area (Å²) in [6.07, 6.45) is 6.75. The monoisotopic (exact) mass is 549 g/mol. The third-order valence-corrected chi connectivity index (χ3v) is 7.20. The lowest BCUT2D eigenvalue weighted by Crippen LogP contribution is -2.41. The van der Waals surface area contributed by atoms with E-state index in [0.29, 0.717) is 16.8 Å². The summed E-state index contributed by atoms with van der Waals surface area (Å²) in [5.41, 5.74) is 3.37. The number of aryl methyl sites for hydroxylation is 1. The highest BCUT2D eigenvalue weighted by Crippen LogP contribution is 2.25. The molecule has 0 radical (unpaired) electrons. The Morgan fingerprint density at radius 1 is 1.10 bits per heavy atom. The number of ether oxygens (including phenoxy) is 2. The molecule has 0 unspecified atom stereocenters. The molecular weight excluding hydrogens is 506 g/mol. The lowest BCUT2D eigenvalue weighted by Gasteiger charge is -2.25. The highest BCUT2D eigenvalue weighted by Gasteiger charge is 2.24. The quantitative estimate of drug-likeness (QED) is 0.258. The molecular formula is C32H43N3O5. The summed E-state index contributed by atoms with van der Waals surface area (Å²) in [7, 11) is 1.31. The van der Waals surface area contributed by atoms with Crippen LogP contribution in [-0.2, 0) is 16.0 Å². The Bertz CT molecular complexity index is 1310. The highest BCUT2D eigenvalue weighted by molar-refractivity contribution is 6.10. The summed E-state index contributed by atoms with van der Waals surface area (Å²) in [5, 5.41) is 3.35. The van der Waals surface area contributed by atoms with Crippen LogP contribution in [0.2, 0.25) is 0 Å². The van der Waals surface area contributed by atoms with Crippen molar-refractivity contribution in [2.75, 3.05) is 26.7 Å². The van der Waals surface area contributed by atoms with Crippen molar-refractivity contribution in [3.05, 3.63) is 71.0 Å². The van der Waals surface area contributed by atoms with Gasteiger partial charge in [0.25, 0.3) is 5.91 Å². The number of benzene rings is 1. The number of fused-ring (bicyclic) bond motifs is 1. The first-order chi connectivity index (χ1) is 18.8. The number of hydrogen-bond acceptors (Lipinski definition) is 6. The van der Waals surface area contributed by atoms with Gasteiger partial charge in [-0.1, -0.05) is 20.8 Å². The Morgan fingerprint density at radius 2 is 1.85 bits per heavy atom. The van der Waals surface area contributed by atoms with Crippen LogP contribution in [0.5, 0.6) is 5.75 Å². The summed E-state index contributed by atoms with van der Waals surface area (Å²) >= 11 is 0. The molecule has 0 bridgehead atoms. The number of piperidine rings is 1. The fourth-order valence-electron chi connectivity index (χ4n) is 4.97. The van der Waals surface area contributed by atoms with Crippen LogP contribution in [0, 0.1) is 0 Å². The number of carbonyl (C=O) groups is 3. The summed E-state index contributed by atoms with van der Waals surface area (Å²) in [4.78, 5) is 40.4. The smallest absolute Gasteiger partial charge is 0.325 e. The van der Waals surface area contributed by atoms with Gasteiger partial charge in [-0.15, -0.1) is 0 Å². The molecule has 4 rings (SSSR count). The molecule has 1 fully saturated rings. The van der Waals surface area contributed by atoms with Crippen LogP contribution >= 0.6 is 0 Å². The van der Waals surface area contributed by atoms with Crippen molar-refractivity contribution in [3.63, 3.8) is 0 Å². The number of nitrogens with zero attached hydrogens (tertiary/aromatic N) is 2. The number of carbonyl (C=O) groups excluding carboxylic acids is 3. The number of unbranched alkanes of at least 4 members (excludes halogenated alkanes) is 1. The fraction of sp³-hybridized carbons (Fsp3) is 0.469. The molecule has 1 atom stereocenters. The third-order valence-electron chi connectivity index (χ3n) is 7.20. The van der Waals surface area contributed by atoms with E-state index < -0.39 is 5.97 Å². The van der Waals surface area contributed by atoms with Crippen molar-refractivity contribution in [1.82, 2.24) is 14.6 Å². The van der Waals surface area contributed by atoms with E-state index in [4.69, 9.17) is 9.47 Å². The Labute approximate surface area is 237 Å². The average molecular weight is 550 g/mol. The lowest BCUT2D eigenvalue weighted by atomic mass is 10.0. The Morgan fingerprint density at radius 3 is 2.48 bits per heavy atom. The zero-order chi connectivity index (χ0) is 27.9. The standard InChI is InChI=1S/C31H39N3O5.CH4/c1-5-6-8-23-17-25-18-24(31(37)34(21(2)3)20-28(35)38-4)14-16-33(25)29(23)30(36)22-10-12-26(13-11-22)39-27-9-7-15-32-19-27;/h10-14,16-18,21,27,32H,5-9,15,19-20H2,1-4H3;1H4/t27-;/m0./s1. The van der Waals surface area contributed by atoms with Gasteiger partial charge in [0, 0.05) is 35.4 Å². The molecule has 1 N–H and O–H groups in total. The van der Waals surface area contributed by atoms with E-state index in [1.807, 2.05) is 48.6 Å². The van der Waals surface area contributed by atoms with Gasteiger partial charge in [-0.05, 0) is 94.1 Å². The second-order valence-corrected chi connectivity index (χ2v) is 10.4. The van der Waals surface area contributed by atoms with Crippen molar-refractivity contribution >= 4 is 23.2 Å². The Hall–Kier alpha value is -3.65. The number of nitrogens with one attached hydrogen (secondary N) is 1. The molecule has 3 aromatic rings. The van der Waals surface area contributed by atoms with Crippen LogP contribution in [0.15, 0.2) is 48.7 Å². The molecule has 0 saturated carbocycles. The second-order valence-electron chi connectivity index (χ2n) is 10.4. The van der Waals surface area contributed by atoms with Crippen LogP contribution in [0.3, 0.4) is 0 Å². The van der Waals surface area contributed by atoms with Crippen LogP contribution in [-0.4, -0.2) is 65.9 Å². The molecule has 8 heteroatoms. The van der Waals surface area contributed by atoms with Crippen LogP contribution in [0.4, 0.5) is 0 Å². The van der Waals surface area contributed by atoms with Crippen molar-refractivity contribution in [2.45, 2.75) is 72.4 Å². The van der Waals surface area contributed by atoms with Gasteiger partial charge in [0.15, 0.2) is 0 Å². The van der Waals surface area contributed by atoms with E-state index in [9.17, 15) is 14.4 Å². The van der Waals surface area contributed by atoms with E-state index in [0.717, 1.165) is 62.0 Å². The molecule has 216 valence electrons. The second kappa shape index (κ2) is 14.1. The fourth-order valence-corrected chi connectivity index (χ4v) is 4.97.